The number of carbonyl (C=O) groups excluding carboxylic acids is 1. The fourth-order valence-electron chi connectivity index (χ4n) is 4.37. The van der Waals surface area contributed by atoms with Gasteiger partial charge in [-0.25, -0.2) is 0 Å². The highest BCUT2D eigenvalue weighted by Crippen LogP contribution is 2.48. The van der Waals surface area contributed by atoms with Gasteiger partial charge in [0.15, 0.2) is 0 Å². The second-order valence-electron chi connectivity index (χ2n) is 6.59. The van der Waals surface area contributed by atoms with Crippen molar-refractivity contribution in [2.45, 2.75) is 57.0 Å². The molecule has 2 aliphatic carbocycles. The molecule has 0 spiro atoms. The van der Waals surface area contributed by atoms with Crippen LogP contribution in [0.4, 0.5) is 0 Å². The number of hydrogen-bond acceptors (Lipinski definition) is 3. The predicted octanol–water partition coefficient (Wildman–Crippen LogP) is 1.13. The summed E-state index contributed by atoms with van der Waals surface area (Å²) >= 11 is 0. The summed E-state index contributed by atoms with van der Waals surface area (Å²) in [5, 5.41) is 15.7. The van der Waals surface area contributed by atoms with Crippen molar-refractivity contribution >= 4 is 11.9 Å². The summed E-state index contributed by atoms with van der Waals surface area (Å²) in [6.07, 6.45) is 7.28. The van der Waals surface area contributed by atoms with Crippen LogP contribution in [0, 0.1) is 17.8 Å². The Labute approximate surface area is 119 Å². The van der Waals surface area contributed by atoms with Crippen LogP contribution < -0.4 is 10.6 Å². The van der Waals surface area contributed by atoms with E-state index in [1.807, 2.05) is 0 Å². The standard InChI is InChI=1S/C15H24N2O3/c18-14(11-4-2-1-3-7-16-11)17-13-10-6-5-9(8-10)12(13)15(19)20/h9-13,16H,1-8H2,(H,17,18)(H,19,20). The number of amides is 1. The molecule has 3 N–H and O–H groups in total. The zero-order chi connectivity index (χ0) is 14.1. The summed E-state index contributed by atoms with van der Waals surface area (Å²) in [7, 11) is 0. The van der Waals surface area contributed by atoms with E-state index in [2.05, 4.69) is 10.6 Å². The third-order valence-corrected chi connectivity index (χ3v) is 5.39. The summed E-state index contributed by atoms with van der Waals surface area (Å²) in [5.41, 5.74) is 0. The van der Waals surface area contributed by atoms with Gasteiger partial charge >= 0.3 is 5.97 Å². The lowest BCUT2D eigenvalue weighted by atomic mass is 9.84. The molecule has 5 nitrogen and oxygen atoms in total. The van der Waals surface area contributed by atoms with Crippen LogP contribution in [0.1, 0.15) is 44.9 Å². The Morgan fingerprint density at radius 3 is 2.65 bits per heavy atom. The van der Waals surface area contributed by atoms with Crippen LogP contribution in [0.3, 0.4) is 0 Å². The number of fused-ring (bicyclic) bond motifs is 2. The lowest BCUT2D eigenvalue weighted by Gasteiger charge is -2.30. The number of carboxylic acids is 1. The van der Waals surface area contributed by atoms with Crippen molar-refractivity contribution in [2.24, 2.45) is 17.8 Å². The summed E-state index contributed by atoms with van der Waals surface area (Å²) in [6.45, 7) is 0.886. The first kappa shape index (κ1) is 13.9. The highest BCUT2D eigenvalue weighted by molar-refractivity contribution is 5.83. The van der Waals surface area contributed by atoms with Crippen molar-refractivity contribution in [2.75, 3.05) is 6.54 Å². The van der Waals surface area contributed by atoms with Gasteiger partial charge < -0.3 is 15.7 Å². The average molecular weight is 280 g/mol. The first-order valence-corrected chi connectivity index (χ1v) is 7.93. The average Bonchev–Trinajstić information content (AvgIpc) is 2.89. The van der Waals surface area contributed by atoms with E-state index in [4.69, 9.17) is 0 Å². The van der Waals surface area contributed by atoms with Crippen molar-refractivity contribution in [3.05, 3.63) is 0 Å². The molecule has 2 saturated carbocycles. The maximum Gasteiger partial charge on any atom is 0.308 e. The van der Waals surface area contributed by atoms with E-state index in [0.717, 1.165) is 45.1 Å². The fourth-order valence-corrected chi connectivity index (χ4v) is 4.37. The molecule has 0 radical (unpaired) electrons. The van der Waals surface area contributed by atoms with E-state index in [9.17, 15) is 14.7 Å². The fraction of sp³-hybridized carbons (Fsp3) is 0.867. The van der Waals surface area contributed by atoms with Crippen molar-refractivity contribution in [3.8, 4) is 0 Å². The van der Waals surface area contributed by atoms with Gasteiger partial charge in [0.25, 0.3) is 0 Å². The Bertz CT molecular complexity index is 391. The smallest absolute Gasteiger partial charge is 0.308 e. The van der Waals surface area contributed by atoms with E-state index < -0.39 is 5.97 Å². The normalized spacial score (nSPS) is 40.3. The van der Waals surface area contributed by atoms with Crippen LogP contribution in [-0.2, 0) is 9.59 Å². The second kappa shape index (κ2) is 5.72. The van der Waals surface area contributed by atoms with Crippen molar-refractivity contribution in [1.29, 1.82) is 0 Å². The second-order valence-corrected chi connectivity index (χ2v) is 6.59. The Kier molecular flexibility index (Phi) is 3.96. The highest BCUT2D eigenvalue weighted by Gasteiger charge is 2.51. The number of carboxylic acid groups (broad SMARTS) is 1. The van der Waals surface area contributed by atoms with E-state index in [0.29, 0.717) is 5.92 Å². The van der Waals surface area contributed by atoms with Gasteiger partial charge in [-0.15, -0.1) is 0 Å². The van der Waals surface area contributed by atoms with Crippen molar-refractivity contribution < 1.29 is 14.7 Å². The summed E-state index contributed by atoms with van der Waals surface area (Å²) in [4.78, 5) is 23.8. The van der Waals surface area contributed by atoms with E-state index in [1.54, 1.807) is 0 Å². The summed E-state index contributed by atoms with van der Waals surface area (Å²) in [5.74, 6) is -0.462. The maximum atomic E-state index is 12.4. The van der Waals surface area contributed by atoms with Gasteiger partial charge in [-0.2, -0.15) is 0 Å². The zero-order valence-electron chi connectivity index (χ0n) is 11.8. The first-order valence-electron chi connectivity index (χ1n) is 7.93. The van der Waals surface area contributed by atoms with Crippen LogP contribution in [0.25, 0.3) is 0 Å². The Hall–Kier alpha value is -1.10. The summed E-state index contributed by atoms with van der Waals surface area (Å²) in [6, 6.07) is -0.283. The molecule has 5 heteroatoms. The minimum absolute atomic E-state index is 0.00991. The highest BCUT2D eigenvalue weighted by atomic mass is 16.4. The van der Waals surface area contributed by atoms with Crippen molar-refractivity contribution in [1.82, 2.24) is 10.6 Å². The largest absolute Gasteiger partial charge is 0.481 e. The first-order chi connectivity index (χ1) is 9.66. The lowest BCUT2D eigenvalue weighted by Crippen LogP contribution is -2.52. The quantitative estimate of drug-likeness (QED) is 0.724. The van der Waals surface area contributed by atoms with Crippen LogP contribution in [0.2, 0.25) is 0 Å². The van der Waals surface area contributed by atoms with E-state index >= 15 is 0 Å². The SMILES string of the molecule is O=C(NC1C2CCC(C2)C1C(=O)O)C1CCCCCN1. The molecule has 2 bridgehead atoms. The van der Waals surface area contributed by atoms with Crippen LogP contribution in [0.15, 0.2) is 0 Å². The van der Waals surface area contributed by atoms with Gasteiger partial charge in [0, 0.05) is 6.04 Å². The van der Waals surface area contributed by atoms with Crippen LogP contribution >= 0.6 is 0 Å². The van der Waals surface area contributed by atoms with E-state index in [1.165, 1.54) is 6.42 Å². The number of carbonyl (C=O) groups is 2. The molecular formula is C15H24N2O3. The molecule has 20 heavy (non-hydrogen) atoms. The third-order valence-electron chi connectivity index (χ3n) is 5.39. The molecule has 1 amide bonds. The third kappa shape index (κ3) is 2.55. The Morgan fingerprint density at radius 2 is 1.85 bits per heavy atom. The molecule has 5 atom stereocenters. The topological polar surface area (TPSA) is 78.4 Å². The number of rotatable bonds is 3. The molecule has 5 unspecified atom stereocenters. The molecule has 1 heterocycles. The predicted molar refractivity (Wildman–Crippen MR) is 74.1 cm³/mol. The van der Waals surface area contributed by atoms with Gasteiger partial charge in [0.2, 0.25) is 5.91 Å². The molecule has 1 saturated heterocycles. The molecule has 0 aromatic heterocycles. The van der Waals surface area contributed by atoms with Gasteiger partial charge in [-0.3, -0.25) is 9.59 Å². The molecule has 3 fully saturated rings. The van der Waals surface area contributed by atoms with Gasteiger partial charge in [-0.1, -0.05) is 12.8 Å². The molecule has 3 rings (SSSR count). The minimum atomic E-state index is -0.740. The molecule has 112 valence electrons. The molecular weight excluding hydrogens is 256 g/mol. The Morgan fingerprint density at radius 1 is 1.05 bits per heavy atom. The number of nitrogens with one attached hydrogen (secondary N) is 2. The number of hydrogen-bond donors (Lipinski definition) is 3. The molecule has 3 aliphatic rings. The monoisotopic (exact) mass is 280 g/mol. The minimum Gasteiger partial charge on any atom is -0.481 e. The van der Waals surface area contributed by atoms with Gasteiger partial charge in [0.05, 0.1) is 12.0 Å². The molecule has 1 aliphatic heterocycles. The van der Waals surface area contributed by atoms with Gasteiger partial charge in [0.1, 0.15) is 0 Å². The van der Waals surface area contributed by atoms with Crippen LogP contribution in [0.5, 0.6) is 0 Å². The summed E-state index contributed by atoms with van der Waals surface area (Å²) < 4.78 is 0. The van der Waals surface area contributed by atoms with E-state index in [-0.39, 0.29) is 29.8 Å². The lowest BCUT2D eigenvalue weighted by molar-refractivity contribution is -0.144. The molecule has 0 aromatic carbocycles. The van der Waals surface area contributed by atoms with Crippen LogP contribution in [-0.4, -0.2) is 35.6 Å². The van der Waals surface area contributed by atoms with Gasteiger partial charge in [-0.05, 0) is 50.5 Å². The van der Waals surface area contributed by atoms with Crippen molar-refractivity contribution in [3.63, 3.8) is 0 Å². The molecule has 0 aromatic rings. The maximum absolute atomic E-state index is 12.4. The Balaban J connectivity index is 1.64. The number of aliphatic carboxylic acids is 1. The zero-order valence-corrected chi connectivity index (χ0v) is 11.8.